The summed E-state index contributed by atoms with van der Waals surface area (Å²) in [7, 11) is 0. The first-order valence-corrected chi connectivity index (χ1v) is 9.19. The topological polar surface area (TPSA) is 36.7 Å². The molecular weight excluding hydrogens is 312 g/mol. The van der Waals surface area contributed by atoms with Gasteiger partial charge in [-0.25, -0.2) is 0 Å². The molecule has 1 aromatic heterocycles. The van der Waals surface area contributed by atoms with Crippen LogP contribution >= 0.6 is 0 Å². The lowest BCUT2D eigenvalue weighted by molar-refractivity contribution is 0.0290. The molecule has 3 rings (SSSR count). The van der Waals surface area contributed by atoms with E-state index in [4.69, 9.17) is 4.42 Å². The fraction of sp³-hybridized carbons (Fsp3) is 0.476. The maximum Gasteiger partial charge on any atom is 0.290 e. The minimum Gasteiger partial charge on any atom is -0.459 e. The van der Waals surface area contributed by atoms with Crippen LogP contribution in [-0.4, -0.2) is 47.4 Å². The zero-order valence-corrected chi connectivity index (χ0v) is 15.4. The van der Waals surface area contributed by atoms with E-state index >= 15 is 0 Å². The highest BCUT2D eigenvalue weighted by atomic mass is 16.3. The van der Waals surface area contributed by atoms with Gasteiger partial charge in [-0.1, -0.05) is 30.3 Å². The molecule has 1 fully saturated rings. The van der Waals surface area contributed by atoms with Gasteiger partial charge in [-0.15, -0.1) is 0 Å². The average molecular weight is 340 g/mol. The van der Waals surface area contributed by atoms with Crippen LogP contribution in [0.3, 0.4) is 0 Å². The smallest absolute Gasteiger partial charge is 0.290 e. The standard InChI is InChI=1S/C21H28N2O2/c1-16-11-13-25-20(16)21(24)23-15-17(2)22(14-18(23)3)12-7-10-19-8-5-4-6-9-19/h4-6,8-9,11,13,17-18H,7,10,12,14-15H2,1-3H3. The molecule has 1 aromatic carbocycles. The minimum absolute atomic E-state index is 0.0192. The Labute approximate surface area is 150 Å². The summed E-state index contributed by atoms with van der Waals surface area (Å²) in [5.41, 5.74) is 2.31. The molecule has 1 aliphatic heterocycles. The molecule has 2 unspecified atom stereocenters. The Balaban J connectivity index is 1.55. The highest BCUT2D eigenvalue weighted by molar-refractivity contribution is 5.93. The Bertz CT molecular complexity index is 695. The van der Waals surface area contributed by atoms with Gasteiger partial charge in [0.1, 0.15) is 0 Å². The number of carbonyl (C=O) groups is 1. The molecule has 1 amide bonds. The predicted octanol–water partition coefficient (Wildman–Crippen LogP) is 3.76. The normalized spacial score (nSPS) is 21.5. The van der Waals surface area contributed by atoms with E-state index in [1.54, 1.807) is 6.26 Å². The number of piperazine rings is 1. The van der Waals surface area contributed by atoms with Crippen molar-refractivity contribution in [1.29, 1.82) is 0 Å². The van der Waals surface area contributed by atoms with E-state index < -0.39 is 0 Å². The molecule has 0 N–H and O–H groups in total. The van der Waals surface area contributed by atoms with Crippen LogP contribution in [0.25, 0.3) is 0 Å². The van der Waals surface area contributed by atoms with Gasteiger partial charge in [0.15, 0.2) is 5.76 Å². The quantitative estimate of drug-likeness (QED) is 0.832. The number of hydrogen-bond donors (Lipinski definition) is 0. The van der Waals surface area contributed by atoms with Crippen LogP contribution < -0.4 is 0 Å². The number of nitrogens with zero attached hydrogens (tertiary/aromatic N) is 2. The molecule has 0 radical (unpaired) electrons. The van der Waals surface area contributed by atoms with Gasteiger partial charge >= 0.3 is 0 Å². The summed E-state index contributed by atoms with van der Waals surface area (Å²) < 4.78 is 5.40. The molecule has 2 atom stereocenters. The van der Waals surface area contributed by atoms with Crippen molar-refractivity contribution in [3.63, 3.8) is 0 Å². The molecule has 4 nitrogen and oxygen atoms in total. The van der Waals surface area contributed by atoms with E-state index in [2.05, 4.69) is 49.1 Å². The molecule has 0 aliphatic carbocycles. The fourth-order valence-corrected chi connectivity index (χ4v) is 3.65. The number of rotatable bonds is 5. The summed E-state index contributed by atoms with van der Waals surface area (Å²) in [6, 6.07) is 13.0. The lowest BCUT2D eigenvalue weighted by Gasteiger charge is -2.44. The van der Waals surface area contributed by atoms with E-state index in [-0.39, 0.29) is 11.9 Å². The number of benzene rings is 1. The highest BCUT2D eigenvalue weighted by Gasteiger charge is 2.33. The van der Waals surface area contributed by atoms with Gasteiger partial charge in [0.2, 0.25) is 0 Å². The maximum atomic E-state index is 12.8. The number of carbonyl (C=O) groups excluding carboxylic acids is 1. The van der Waals surface area contributed by atoms with Crippen molar-refractivity contribution in [2.45, 2.75) is 45.7 Å². The van der Waals surface area contributed by atoms with Crippen molar-refractivity contribution in [2.24, 2.45) is 0 Å². The molecule has 2 aromatic rings. The monoisotopic (exact) mass is 340 g/mol. The molecular formula is C21H28N2O2. The molecule has 2 heterocycles. The molecule has 134 valence electrons. The van der Waals surface area contributed by atoms with Gasteiger partial charge in [0.25, 0.3) is 5.91 Å². The van der Waals surface area contributed by atoms with Crippen LogP contribution in [0.5, 0.6) is 0 Å². The second-order valence-electron chi connectivity index (χ2n) is 7.17. The van der Waals surface area contributed by atoms with Gasteiger partial charge in [-0.3, -0.25) is 9.69 Å². The van der Waals surface area contributed by atoms with Crippen LogP contribution in [0.4, 0.5) is 0 Å². The molecule has 0 saturated carbocycles. The van der Waals surface area contributed by atoms with Crippen LogP contribution in [0.2, 0.25) is 0 Å². The first-order chi connectivity index (χ1) is 12.1. The zero-order valence-electron chi connectivity index (χ0n) is 15.4. The van der Waals surface area contributed by atoms with Gasteiger partial charge in [0, 0.05) is 30.7 Å². The Morgan fingerprint density at radius 3 is 2.56 bits per heavy atom. The molecule has 4 heteroatoms. The lowest BCUT2D eigenvalue weighted by atomic mass is 10.1. The van der Waals surface area contributed by atoms with E-state index in [0.29, 0.717) is 11.8 Å². The second-order valence-corrected chi connectivity index (χ2v) is 7.17. The molecule has 25 heavy (non-hydrogen) atoms. The van der Waals surface area contributed by atoms with Crippen molar-refractivity contribution in [1.82, 2.24) is 9.80 Å². The number of furan rings is 1. The van der Waals surface area contributed by atoms with Crippen LogP contribution in [0, 0.1) is 6.92 Å². The fourth-order valence-electron chi connectivity index (χ4n) is 3.65. The van der Waals surface area contributed by atoms with Crippen LogP contribution in [0.15, 0.2) is 47.1 Å². The van der Waals surface area contributed by atoms with E-state index in [9.17, 15) is 4.79 Å². The average Bonchev–Trinajstić information content (AvgIpc) is 3.04. The number of hydrogen-bond acceptors (Lipinski definition) is 3. The van der Waals surface area contributed by atoms with Crippen molar-refractivity contribution in [3.05, 3.63) is 59.5 Å². The summed E-state index contributed by atoms with van der Waals surface area (Å²) in [6.07, 6.45) is 3.84. The van der Waals surface area contributed by atoms with Crippen LogP contribution in [0.1, 0.15) is 41.9 Å². The van der Waals surface area contributed by atoms with E-state index in [1.807, 2.05) is 17.9 Å². The van der Waals surface area contributed by atoms with Crippen molar-refractivity contribution >= 4 is 5.91 Å². The van der Waals surface area contributed by atoms with Gasteiger partial charge in [0.05, 0.1) is 6.26 Å². The van der Waals surface area contributed by atoms with E-state index in [1.165, 1.54) is 5.56 Å². The molecule has 1 saturated heterocycles. The lowest BCUT2D eigenvalue weighted by Crippen LogP contribution is -2.58. The third kappa shape index (κ3) is 4.13. The highest BCUT2D eigenvalue weighted by Crippen LogP contribution is 2.20. The molecule has 1 aliphatic rings. The summed E-state index contributed by atoms with van der Waals surface area (Å²) in [5, 5.41) is 0. The first-order valence-electron chi connectivity index (χ1n) is 9.19. The Hall–Kier alpha value is -2.07. The Morgan fingerprint density at radius 2 is 1.88 bits per heavy atom. The van der Waals surface area contributed by atoms with E-state index in [0.717, 1.165) is 38.0 Å². The van der Waals surface area contributed by atoms with Crippen molar-refractivity contribution < 1.29 is 9.21 Å². The third-order valence-corrected chi connectivity index (χ3v) is 5.19. The number of amides is 1. The van der Waals surface area contributed by atoms with Crippen molar-refractivity contribution in [2.75, 3.05) is 19.6 Å². The van der Waals surface area contributed by atoms with Crippen molar-refractivity contribution in [3.8, 4) is 0 Å². The summed E-state index contributed by atoms with van der Waals surface area (Å²) in [4.78, 5) is 17.2. The molecule has 0 spiro atoms. The Kier molecular flexibility index (Phi) is 5.59. The number of aryl methyl sites for hydroxylation is 2. The minimum atomic E-state index is 0.0192. The van der Waals surface area contributed by atoms with Gasteiger partial charge < -0.3 is 9.32 Å². The summed E-state index contributed by atoms with van der Waals surface area (Å²) >= 11 is 0. The zero-order chi connectivity index (χ0) is 17.8. The SMILES string of the molecule is Cc1ccoc1C(=O)N1CC(C)N(CCCc2ccccc2)CC1C. The van der Waals surface area contributed by atoms with Gasteiger partial charge in [-0.05, 0) is 51.8 Å². The Morgan fingerprint density at radius 1 is 1.12 bits per heavy atom. The summed E-state index contributed by atoms with van der Waals surface area (Å²) in [6.45, 7) is 9.01. The van der Waals surface area contributed by atoms with Crippen LogP contribution in [-0.2, 0) is 6.42 Å². The predicted molar refractivity (Wildman–Crippen MR) is 99.7 cm³/mol. The molecule has 0 bridgehead atoms. The summed E-state index contributed by atoms with van der Waals surface area (Å²) in [5.74, 6) is 0.502. The second kappa shape index (κ2) is 7.87. The van der Waals surface area contributed by atoms with Gasteiger partial charge in [-0.2, -0.15) is 0 Å². The first kappa shape index (κ1) is 17.7. The largest absolute Gasteiger partial charge is 0.459 e. The maximum absolute atomic E-state index is 12.8. The third-order valence-electron chi connectivity index (χ3n) is 5.19.